The fourth-order valence-corrected chi connectivity index (χ4v) is 4.69. The number of carbonyl (C=O) groups is 2. The maximum absolute atomic E-state index is 13.7. The van der Waals surface area contributed by atoms with Gasteiger partial charge in [0.2, 0.25) is 21.8 Å². The van der Waals surface area contributed by atoms with Gasteiger partial charge in [-0.3, -0.25) is 13.9 Å². The van der Waals surface area contributed by atoms with Gasteiger partial charge in [-0.25, -0.2) is 17.2 Å². The summed E-state index contributed by atoms with van der Waals surface area (Å²) < 4.78 is 52.5. The van der Waals surface area contributed by atoms with E-state index in [2.05, 4.69) is 5.32 Å². The van der Waals surface area contributed by atoms with E-state index in [0.717, 1.165) is 40.7 Å². The van der Waals surface area contributed by atoms with Crippen molar-refractivity contribution in [3.63, 3.8) is 0 Å². The van der Waals surface area contributed by atoms with Gasteiger partial charge < -0.3 is 10.2 Å². The number of carbonyl (C=O) groups excluding carboxylic acids is 2. The number of hydrogen-bond donors (Lipinski definition) is 1. The largest absolute Gasteiger partial charge is 0.352 e. The second-order valence-electron chi connectivity index (χ2n) is 8.68. The fraction of sp³-hybridized carbons (Fsp3) is 0.440. The third-order valence-electron chi connectivity index (χ3n) is 5.75. The molecule has 2 amide bonds. The first-order valence-electron chi connectivity index (χ1n) is 11.6. The molecule has 0 fully saturated rings. The molecule has 0 spiro atoms. The molecule has 2 aromatic rings. The number of nitrogens with zero attached hydrogens (tertiary/aromatic N) is 2. The van der Waals surface area contributed by atoms with E-state index >= 15 is 0 Å². The Hall–Kier alpha value is -2.72. The fourth-order valence-electron chi connectivity index (χ4n) is 3.52. The van der Waals surface area contributed by atoms with Crippen molar-refractivity contribution in [2.45, 2.75) is 58.7 Å². The number of rotatable bonds is 12. The Morgan fingerprint density at radius 3 is 2.36 bits per heavy atom. The molecule has 36 heavy (non-hydrogen) atoms. The van der Waals surface area contributed by atoms with Crippen LogP contribution >= 0.6 is 11.6 Å². The summed E-state index contributed by atoms with van der Waals surface area (Å²) in [6, 6.07) is 8.89. The highest BCUT2D eigenvalue weighted by molar-refractivity contribution is 7.92. The molecule has 0 aliphatic rings. The summed E-state index contributed by atoms with van der Waals surface area (Å²) in [5.74, 6) is -2.94. The van der Waals surface area contributed by atoms with Gasteiger partial charge in [0.25, 0.3) is 0 Å². The zero-order valence-corrected chi connectivity index (χ0v) is 22.4. The third-order valence-corrected chi connectivity index (χ3v) is 7.18. The van der Waals surface area contributed by atoms with Crippen molar-refractivity contribution in [2.75, 3.05) is 17.1 Å². The second kappa shape index (κ2) is 13.0. The molecule has 0 aliphatic heterocycles. The lowest BCUT2D eigenvalue weighted by Crippen LogP contribution is -2.49. The summed E-state index contributed by atoms with van der Waals surface area (Å²) in [6.45, 7) is 5.43. The predicted molar refractivity (Wildman–Crippen MR) is 137 cm³/mol. The molecule has 11 heteroatoms. The lowest BCUT2D eigenvalue weighted by molar-refractivity contribution is -0.140. The van der Waals surface area contributed by atoms with Crippen LogP contribution in [-0.4, -0.2) is 50.0 Å². The maximum Gasteiger partial charge on any atom is 0.242 e. The summed E-state index contributed by atoms with van der Waals surface area (Å²) in [4.78, 5) is 27.4. The van der Waals surface area contributed by atoms with Crippen LogP contribution in [0.1, 0.15) is 45.6 Å². The van der Waals surface area contributed by atoms with Crippen LogP contribution in [-0.2, 0) is 26.2 Å². The number of hydrogen-bond acceptors (Lipinski definition) is 4. The van der Waals surface area contributed by atoms with E-state index in [1.807, 2.05) is 13.8 Å². The predicted octanol–water partition coefficient (Wildman–Crippen LogP) is 4.50. The number of amides is 2. The van der Waals surface area contributed by atoms with Crippen molar-refractivity contribution in [2.24, 2.45) is 0 Å². The molecular weight excluding hydrogens is 512 g/mol. The monoisotopic (exact) mass is 543 g/mol. The molecule has 2 atom stereocenters. The molecule has 2 rings (SSSR count). The highest BCUT2D eigenvalue weighted by Gasteiger charge is 2.27. The molecule has 198 valence electrons. The number of benzene rings is 2. The van der Waals surface area contributed by atoms with Crippen molar-refractivity contribution in [3.8, 4) is 0 Å². The molecule has 0 heterocycles. The van der Waals surface area contributed by atoms with Crippen LogP contribution in [0.4, 0.5) is 14.5 Å². The number of halogens is 3. The summed E-state index contributed by atoms with van der Waals surface area (Å²) >= 11 is 6.08. The number of sulfonamides is 1. The van der Waals surface area contributed by atoms with Crippen molar-refractivity contribution in [1.82, 2.24) is 10.2 Å². The minimum atomic E-state index is -3.82. The van der Waals surface area contributed by atoms with Gasteiger partial charge in [0, 0.05) is 36.6 Å². The van der Waals surface area contributed by atoms with Gasteiger partial charge in [0.15, 0.2) is 11.6 Å². The molecule has 0 radical (unpaired) electrons. The molecule has 0 saturated carbocycles. The van der Waals surface area contributed by atoms with Gasteiger partial charge >= 0.3 is 0 Å². The van der Waals surface area contributed by atoms with E-state index in [4.69, 9.17) is 11.6 Å². The number of nitrogens with one attached hydrogen (secondary N) is 1. The zero-order chi connectivity index (χ0) is 27.0. The zero-order valence-electron chi connectivity index (χ0n) is 20.8. The minimum absolute atomic E-state index is 0.0408. The highest BCUT2D eigenvalue weighted by Crippen LogP contribution is 2.22. The average molecular weight is 544 g/mol. The molecule has 0 bridgehead atoms. The van der Waals surface area contributed by atoms with Crippen LogP contribution in [0.3, 0.4) is 0 Å². The summed E-state index contributed by atoms with van der Waals surface area (Å²) in [6.07, 6.45) is 1.70. The molecule has 7 nitrogen and oxygen atoms in total. The van der Waals surface area contributed by atoms with E-state index in [0.29, 0.717) is 5.02 Å². The van der Waals surface area contributed by atoms with Gasteiger partial charge in [-0.05, 0) is 56.5 Å². The van der Waals surface area contributed by atoms with Gasteiger partial charge in [-0.15, -0.1) is 0 Å². The van der Waals surface area contributed by atoms with Crippen LogP contribution in [0.25, 0.3) is 0 Å². The standard InChI is InChI=1S/C25H32ClF2N3O4S/c1-5-17(2)29-25(33)18(3)30(16-19-8-6-9-20(26)14-19)24(32)10-7-13-31(36(4,34)35)21-11-12-22(27)23(28)15-21/h6,8-9,11-12,14-15,17-18H,5,7,10,13,16H2,1-4H3,(H,29,33). The minimum Gasteiger partial charge on any atom is -0.352 e. The van der Waals surface area contributed by atoms with Crippen molar-refractivity contribution < 1.29 is 26.8 Å². The van der Waals surface area contributed by atoms with Crippen molar-refractivity contribution in [1.29, 1.82) is 0 Å². The lowest BCUT2D eigenvalue weighted by atomic mass is 10.1. The average Bonchev–Trinajstić information content (AvgIpc) is 2.80. The Kier molecular flexibility index (Phi) is 10.7. The number of anilines is 1. The van der Waals surface area contributed by atoms with E-state index in [1.54, 1.807) is 31.2 Å². The summed E-state index contributed by atoms with van der Waals surface area (Å²) in [5, 5.41) is 3.37. The quantitative estimate of drug-likeness (QED) is 0.427. The Bertz CT molecular complexity index is 1180. The Labute approximate surface area is 216 Å². The smallest absolute Gasteiger partial charge is 0.242 e. The summed E-state index contributed by atoms with van der Waals surface area (Å²) in [7, 11) is -3.82. The van der Waals surface area contributed by atoms with Gasteiger partial charge in [-0.2, -0.15) is 0 Å². The molecule has 1 N–H and O–H groups in total. The molecule has 0 aliphatic carbocycles. The SMILES string of the molecule is CCC(C)NC(=O)C(C)N(Cc1cccc(Cl)c1)C(=O)CCCN(c1ccc(F)c(F)c1)S(C)(=O)=O. The molecule has 2 unspecified atom stereocenters. The molecule has 0 saturated heterocycles. The van der Waals surface area contributed by atoms with Gasteiger partial charge in [0.1, 0.15) is 6.04 Å². The third kappa shape index (κ3) is 8.44. The lowest BCUT2D eigenvalue weighted by Gasteiger charge is -2.30. The van der Waals surface area contributed by atoms with E-state index in [-0.39, 0.29) is 49.5 Å². The van der Waals surface area contributed by atoms with Crippen LogP contribution in [0.2, 0.25) is 5.02 Å². The van der Waals surface area contributed by atoms with Gasteiger partial charge in [0.05, 0.1) is 11.9 Å². The van der Waals surface area contributed by atoms with Crippen molar-refractivity contribution >= 4 is 39.1 Å². The Balaban J connectivity index is 2.19. The first-order valence-corrected chi connectivity index (χ1v) is 13.8. The van der Waals surface area contributed by atoms with Crippen LogP contribution in [0.5, 0.6) is 0 Å². The summed E-state index contributed by atoms with van der Waals surface area (Å²) in [5.41, 5.74) is 0.694. The normalized spacial score (nSPS) is 13.1. The molecule has 0 aromatic heterocycles. The molecule has 2 aromatic carbocycles. The first kappa shape index (κ1) is 29.5. The Morgan fingerprint density at radius 2 is 1.78 bits per heavy atom. The second-order valence-corrected chi connectivity index (χ2v) is 11.0. The first-order chi connectivity index (χ1) is 16.8. The van der Waals surface area contributed by atoms with Gasteiger partial charge in [-0.1, -0.05) is 30.7 Å². The van der Waals surface area contributed by atoms with Crippen LogP contribution in [0, 0.1) is 11.6 Å². The highest BCUT2D eigenvalue weighted by atomic mass is 35.5. The Morgan fingerprint density at radius 1 is 1.08 bits per heavy atom. The topological polar surface area (TPSA) is 86.8 Å². The van der Waals surface area contributed by atoms with Crippen LogP contribution < -0.4 is 9.62 Å². The molecular formula is C25H32ClF2N3O4S. The van der Waals surface area contributed by atoms with E-state index < -0.39 is 27.7 Å². The van der Waals surface area contributed by atoms with E-state index in [1.165, 1.54) is 4.90 Å². The van der Waals surface area contributed by atoms with E-state index in [9.17, 15) is 26.8 Å². The maximum atomic E-state index is 13.7. The van der Waals surface area contributed by atoms with Crippen LogP contribution in [0.15, 0.2) is 42.5 Å². The van der Waals surface area contributed by atoms with Crippen molar-refractivity contribution in [3.05, 3.63) is 64.7 Å².